The van der Waals surface area contributed by atoms with E-state index in [-0.39, 0.29) is 5.89 Å². The minimum atomic E-state index is -1.24. The molecule has 7 nitrogen and oxygen atoms in total. The Kier molecular flexibility index (Phi) is 4.08. The van der Waals surface area contributed by atoms with Crippen molar-refractivity contribution in [2.24, 2.45) is 0 Å². The molecule has 0 radical (unpaired) electrons. The van der Waals surface area contributed by atoms with Gasteiger partial charge in [0.2, 0.25) is 5.89 Å². The molecule has 0 spiro atoms. The second-order valence-electron chi connectivity index (χ2n) is 6.46. The lowest BCUT2D eigenvalue weighted by atomic mass is 10.1. The molecule has 1 N–H and O–H groups in total. The van der Waals surface area contributed by atoms with Gasteiger partial charge >= 0.3 is 0 Å². The molecule has 0 amide bonds. The Morgan fingerprint density at radius 3 is 2.86 bits per heavy atom. The van der Waals surface area contributed by atoms with Crippen molar-refractivity contribution in [3.05, 3.63) is 72.3 Å². The molecule has 5 aromatic rings. The standard InChI is InChI=1S/C21H15FN4O3/c1-28-21(27)14-9-19(26-17-5-3-2-4-12(17)10-24-26)23-11-15(14)20-25-16-7-6-13(22)8-18(16)29-20/h2-11,21,27H,1H3. The second kappa shape index (κ2) is 6.77. The van der Waals surface area contributed by atoms with Gasteiger partial charge in [0.15, 0.2) is 17.7 Å². The van der Waals surface area contributed by atoms with Gasteiger partial charge in [0.25, 0.3) is 0 Å². The fraction of sp³-hybridized carbons (Fsp3) is 0.0952. The number of aromatic nitrogens is 4. The highest BCUT2D eigenvalue weighted by Crippen LogP contribution is 2.32. The van der Waals surface area contributed by atoms with E-state index < -0.39 is 12.1 Å². The van der Waals surface area contributed by atoms with Crippen molar-refractivity contribution < 1.29 is 18.7 Å². The largest absolute Gasteiger partial charge is 0.436 e. The van der Waals surface area contributed by atoms with Gasteiger partial charge in [-0.25, -0.2) is 19.0 Å². The number of methoxy groups -OCH3 is 1. The van der Waals surface area contributed by atoms with Crippen molar-refractivity contribution in [3.8, 4) is 17.3 Å². The Morgan fingerprint density at radius 1 is 1.14 bits per heavy atom. The third-order valence-corrected chi connectivity index (χ3v) is 4.69. The summed E-state index contributed by atoms with van der Waals surface area (Å²) in [5, 5.41) is 15.8. The number of oxazole rings is 1. The zero-order valence-electron chi connectivity index (χ0n) is 15.3. The normalized spacial score (nSPS) is 12.7. The van der Waals surface area contributed by atoms with E-state index in [1.54, 1.807) is 16.9 Å². The van der Waals surface area contributed by atoms with Gasteiger partial charge in [0, 0.05) is 30.3 Å². The number of rotatable bonds is 4. The predicted octanol–water partition coefficient (Wildman–Crippen LogP) is 4.01. The molecule has 0 aliphatic carbocycles. The molecule has 0 saturated heterocycles. The summed E-state index contributed by atoms with van der Waals surface area (Å²) in [5.41, 5.74) is 2.53. The molecule has 0 aliphatic heterocycles. The van der Waals surface area contributed by atoms with Crippen LogP contribution in [0.3, 0.4) is 0 Å². The first-order valence-electron chi connectivity index (χ1n) is 8.84. The summed E-state index contributed by atoms with van der Waals surface area (Å²) in [6.45, 7) is 0. The quantitative estimate of drug-likeness (QED) is 0.467. The first kappa shape index (κ1) is 17.5. The van der Waals surface area contributed by atoms with E-state index in [1.807, 2.05) is 24.3 Å². The number of nitrogens with zero attached hydrogens (tertiary/aromatic N) is 4. The van der Waals surface area contributed by atoms with Crippen LogP contribution in [0.15, 0.2) is 65.3 Å². The number of pyridine rings is 1. The fourth-order valence-electron chi connectivity index (χ4n) is 3.25. The minimum absolute atomic E-state index is 0.209. The number of fused-ring (bicyclic) bond motifs is 2. The van der Waals surface area contributed by atoms with Crippen molar-refractivity contribution in [2.45, 2.75) is 6.29 Å². The first-order valence-corrected chi connectivity index (χ1v) is 8.84. The van der Waals surface area contributed by atoms with E-state index in [4.69, 9.17) is 9.15 Å². The SMILES string of the molecule is COC(O)c1cc(-n2ncc3ccccc32)ncc1-c1nc2ccc(F)cc2o1. The van der Waals surface area contributed by atoms with Crippen LogP contribution in [0.5, 0.6) is 0 Å². The Morgan fingerprint density at radius 2 is 2.00 bits per heavy atom. The van der Waals surface area contributed by atoms with Crippen LogP contribution in [0.4, 0.5) is 4.39 Å². The zero-order valence-corrected chi connectivity index (χ0v) is 15.3. The summed E-state index contributed by atoms with van der Waals surface area (Å²) < 4.78 is 26.0. The third kappa shape index (κ3) is 2.95. The number of aliphatic hydroxyl groups excluding tert-OH is 1. The Hall–Kier alpha value is -3.62. The molecule has 2 aromatic carbocycles. The summed E-state index contributed by atoms with van der Waals surface area (Å²) in [5.74, 6) is 0.292. The van der Waals surface area contributed by atoms with E-state index in [2.05, 4.69) is 15.1 Å². The highest BCUT2D eigenvalue weighted by molar-refractivity contribution is 5.80. The number of hydrogen-bond acceptors (Lipinski definition) is 6. The van der Waals surface area contributed by atoms with Crippen LogP contribution in [-0.4, -0.2) is 32.0 Å². The van der Waals surface area contributed by atoms with Crippen LogP contribution < -0.4 is 0 Å². The Bertz CT molecular complexity index is 1340. The molecular formula is C21H15FN4O3. The Labute approximate surface area is 164 Å². The maximum atomic E-state index is 13.5. The lowest BCUT2D eigenvalue weighted by Crippen LogP contribution is -2.07. The number of hydrogen-bond donors (Lipinski definition) is 1. The topological polar surface area (TPSA) is 86.2 Å². The molecule has 0 fully saturated rings. The maximum absolute atomic E-state index is 13.5. The summed E-state index contributed by atoms with van der Waals surface area (Å²) >= 11 is 0. The van der Waals surface area contributed by atoms with Gasteiger partial charge in [0.05, 0.1) is 17.3 Å². The average molecular weight is 390 g/mol. The van der Waals surface area contributed by atoms with E-state index in [0.29, 0.717) is 28.0 Å². The van der Waals surface area contributed by atoms with Gasteiger partial charge < -0.3 is 14.3 Å². The highest BCUT2D eigenvalue weighted by Gasteiger charge is 2.20. The molecule has 1 atom stereocenters. The summed E-state index contributed by atoms with van der Waals surface area (Å²) in [7, 11) is 1.39. The summed E-state index contributed by atoms with van der Waals surface area (Å²) in [6, 6.07) is 13.5. The molecule has 5 rings (SSSR count). The number of para-hydroxylation sites is 1. The number of ether oxygens (including phenoxy) is 1. The molecule has 144 valence electrons. The van der Waals surface area contributed by atoms with Gasteiger partial charge in [-0.15, -0.1) is 0 Å². The smallest absolute Gasteiger partial charge is 0.229 e. The fourth-order valence-corrected chi connectivity index (χ4v) is 3.25. The van der Waals surface area contributed by atoms with Crippen molar-refractivity contribution in [3.63, 3.8) is 0 Å². The third-order valence-electron chi connectivity index (χ3n) is 4.69. The lowest BCUT2D eigenvalue weighted by molar-refractivity contribution is -0.0766. The van der Waals surface area contributed by atoms with Crippen LogP contribution in [-0.2, 0) is 4.74 Å². The maximum Gasteiger partial charge on any atom is 0.229 e. The molecule has 0 saturated carbocycles. The van der Waals surface area contributed by atoms with E-state index >= 15 is 0 Å². The Balaban J connectivity index is 1.67. The number of halogens is 1. The van der Waals surface area contributed by atoms with Crippen LogP contribution in [0, 0.1) is 5.82 Å². The monoisotopic (exact) mass is 390 g/mol. The van der Waals surface area contributed by atoms with Crippen molar-refractivity contribution in [1.29, 1.82) is 0 Å². The van der Waals surface area contributed by atoms with Crippen LogP contribution in [0.25, 0.3) is 39.3 Å². The van der Waals surface area contributed by atoms with Crippen molar-refractivity contribution in [2.75, 3.05) is 7.11 Å². The zero-order chi connectivity index (χ0) is 20.0. The molecule has 8 heteroatoms. The molecule has 3 heterocycles. The number of benzene rings is 2. The van der Waals surface area contributed by atoms with Crippen molar-refractivity contribution in [1.82, 2.24) is 19.7 Å². The van der Waals surface area contributed by atoms with Gasteiger partial charge in [0.1, 0.15) is 11.3 Å². The first-order chi connectivity index (χ1) is 14.1. The predicted molar refractivity (Wildman–Crippen MR) is 104 cm³/mol. The molecule has 0 bridgehead atoms. The van der Waals surface area contributed by atoms with E-state index in [1.165, 1.54) is 31.5 Å². The van der Waals surface area contributed by atoms with Gasteiger partial charge in [-0.3, -0.25) is 0 Å². The van der Waals surface area contributed by atoms with Crippen molar-refractivity contribution >= 4 is 22.0 Å². The molecule has 0 aliphatic rings. The molecule has 1 unspecified atom stereocenters. The van der Waals surface area contributed by atoms with E-state index in [9.17, 15) is 9.50 Å². The molecular weight excluding hydrogens is 375 g/mol. The van der Waals surface area contributed by atoms with Gasteiger partial charge in [-0.2, -0.15) is 5.10 Å². The van der Waals surface area contributed by atoms with E-state index in [0.717, 1.165) is 10.9 Å². The minimum Gasteiger partial charge on any atom is -0.436 e. The van der Waals surface area contributed by atoms with Gasteiger partial charge in [-0.1, -0.05) is 18.2 Å². The highest BCUT2D eigenvalue weighted by atomic mass is 19.1. The van der Waals surface area contributed by atoms with Gasteiger partial charge in [-0.05, 0) is 24.3 Å². The van der Waals surface area contributed by atoms with Crippen LogP contribution >= 0.6 is 0 Å². The summed E-state index contributed by atoms with van der Waals surface area (Å²) in [4.78, 5) is 8.85. The lowest BCUT2D eigenvalue weighted by Gasteiger charge is -2.14. The molecule has 29 heavy (non-hydrogen) atoms. The number of aliphatic hydroxyl groups is 1. The average Bonchev–Trinajstić information content (AvgIpc) is 3.36. The molecule has 3 aromatic heterocycles. The van der Waals surface area contributed by atoms with Crippen LogP contribution in [0.1, 0.15) is 11.9 Å². The van der Waals surface area contributed by atoms with Crippen LogP contribution in [0.2, 0.25) is 0 Å². The summed E-state index contributed by atoms with van der Waals surface area (Å²) in [6.07, 6.45) is 2.04. The second-order valence-corrected chi connectivity index (χ2v) is 6.46.